The number of anilines is 1. The summed E-state index contributed by atoms with van der Waals surface area (Å²) in [6.07, 6.45) is 4.98. The second-order valence-corrected chi connectivity index (χ2v) is 3.80. The third-order valence-electron chi connectivity index (χ3n) is 2.47. The zero-order valence-electron chi connectivity index (χ0n) is 10.6. The summed E-state index contributed by atoms with van der Waals surface area (Å²) < 4.78 is 4.61. The predicted octanol–water partition coefficient (Wildman–Crippen LogP) is 0.869. The summed E-state index contributed by atoms with van der Waals surface area (Å²) in [6.45, 7) is 3.16. The molecule has 0 saturated heterocycles. The van der Waals surface area contributed by atoms with Crippen LogP contribution < -0.4 is 10.6 Å². The molecule has 0 spiro atoms. The van der Waals surface area contributed by atoms with Gasteiger partial charge < -0.3 is 15.2 Å². The van der Waals surface area contributed by atoms with Gasteiger partial charge in [0.1, 0.15) is 0 Å². The van der Waals surface area contributed by atoms with Crippen molar-refractivity contribution in [1.29, 1.82) is 0 Å². The fourth-order valence-corrected chi connectivity index (χ4v) is 1.61. The van der Waals surface area contributed by atoms with E-state index < -0.39 is 0 Å². The van der Waals surface area contributed by atoms with E-state index in [4.69, 9.17) is 0 Å². The molecule has 0 aliphatic rings. The van der Waals surface area contributed by atoms with E-state index >= 15 is 0 Å². The highest BCUT2D eigenvalue weighted by molar-refractivity contribution is 5.99. The van der Waals surface area contributed by atoms with E-state index in [1.54, 1.807) is 18.5 Å². The first kappa shape index (κ1) is 13.0. The number of carbonyl (C=O) groups is 1. The van der Waals surface area contributed by atoms with Crippen molar-refractivity contribution < 1.29 is 9.32 Å². The molecule has 0 atom stereocenters. The Balaban J connectivity index is 1.92. The SMILES string of the molecule is CCNc1ccncc1C(=O)NCCc1ncon1. The van der Waals surface area contributed by atoms with Crippen LogP contribution in [-0.4, -0.2) is 34.1 Å². The molecule has 0 radical (unpaired) electrons. The van der Waals surface area contributed by atoms with Gasteiger partial charge in [0.25, 0.3) is 5.91 Å². The largest absolute Gasteiger partial charge is 0.385 e. The quantitative estimate of drug-likeness (QED) is 0.801. The molecule has 0 aliphatic carbocycles. The minimum atomic E-state index is -0.174. The lowest BCUT2D eigenvalue weighted by atomic mass is 10.2. The molecule has 0 aliphatic heterocycles. The minimum Gasteiger partial charge on any atom is -0.385 e. The van der Waals surface area contributed by atoms with Gasteiger partial charge in [0.2, 0.25) is 6.39 Å². The Bertz CT molecular complexity index is 527. The molecule has 100 valence electrons. The van der Waals surface area contributed by atoms with Crippen molar-refractivity contribution in [1.82, 2.24) is 20.4 Å². The number of nitrogens with one attached hydrogen (secondary N) is 2. The molecule has 1 amide bonds. The Morgan fingerprint density at radius 2 is 2.37 bits per heavy atom. The predicted molar refractivity (Wildman–Crippen MR) is 68.7 cm³/mol. The fraction of sp³-hybridized carbons (Fsp3) is 0.333. The lowest BCUT2D eigenvalue weighted by Gasteiger charge is -2.09. The molecule has 7 heteroatoms. The van der Waals surface area contributed by atoms with Crippen LogP contribution in [0.1, 0.15) is 23.1 Å². The number of pyridine rings is 1. The normalized spacial score (nSPS) is 10.2. The average molecular weight is 261 g/mol. The van der Waals surface area contributed by atoms with Crippen molar-refractivity contribution in [2.45, 2.75) is 13.3 Å². The van der Waals surface area contributed by atoms with E-state index in [1.165, 1.54) is 6.39 Å². The van der Waals surface area contributed by atoms with Crippen LogP contribution in [0.25, 0.3) is 0 Å². The maximum atomic E-state index is 12.0. The maximum Gasteiger partial charge on any atom is 0.254 e. The number of carbonyl (C=O) groups excluding carboxylic acids is 1. The number of hydrogen-bond acceptors (Lipinski definition) is 6. The molecule has 2 aromatic heterocycles. The lowest BCUT2D eigenvalue weighted by Crippen LogP contribution is -2.27. The number of amides is 1. The van der Waals surface area contributed by atoms with E-state index in [0.29, 0.717) is 24.4 Å². The van der Waals surface area contributed by atoms with Crippen molar-refractivity contribution in [2.24, 2.45) is 0 Å². The van der Waals surface area contributed by atoms with Crippen LogP contribution in [-0.2, 0) is 6.42 Å². The third-order valence-corrected chi connectivity index (χ3v) is 2.47. The summed E-state index contributed by atoms with van der Waals surface area (Å²) in [6, 6.07) is 1.78. The van der Waals surface area contributed by atoms with Crippen LogP contribution in [0.2, 0.25) is 0 Å². The van der Waals surface area contributed by atoms with Crippen LogP contribution in [0.15, 0.2) is 29.4 Å². The molecule has 7 nitrogen and oxygen atoms in total. The molecule has 2 heterocycles. The fourth-order valence-electron chi connectivity index (χ4n) is 1.61. The average Bonchev–Trinajstić information content (AvgIpc) is 2.93. The Hall–Kier alpha value is -2.44. The summed E-state index contributed by atoms with van der Waals surface area (Å²) in [5.74, 6) is 0.394. The summed E-state index contributed by atoms with van der Waals surface area (Å²) >= 11 is 0. The van der Waals surface area contributed by atoms with Crippen LogP contribution in [0.3, 0.4) is 0 Å². The Kier molecular flexibility index (Phi) is 4.44. The van der Waals surface area contributed by atoms with Gasteiger partial charge in [-0.15, -0.1) is 0 Å². The topological polar surface area (TPSA) is 92.9 Å². The number of rotatable bonds is 6. The summed E-state index contributed by atoms with van der Waals surface area (Å²) in [5, 5.41) is 9.59. The summed E-state index contributed by atoms with van der Waals surface area (Å²) in [4.78, 5) is 19.9. The first-order chi connectivity index (χ1) is 9.31. The maximum absolute atomic E-state index is 12.0. The van der Waals surface area contributed by atoms with Crippen molar-refractivity contribution >= 4 is 11.6 Å². The van der Waals surface area contributed by atoms with E-state index in [2.05, 4.69) is 30.3 Å². The van der Waals surface area contributed by atoms with Crippen molar-refractivity contribution in [3.8, 4) is 0 Å². The minimum absolute atomic E-state index is 0.174. The number of aromatic nitrogens is 3. The highest BCUT2D eigenvalue weighted by Crippen LogP contribution is 2.12. The molecule has 0 bridgehead atoms. The van der Waals surface area contributed by atoms with Gasteiger partial charge >= 0.3 is 0 Å². The zero-order valence-corrected chi connectivity index (χ0v) is 10.6. The molecule has 0 unspecified atom stereocenters. The highest BCUT2D eigenvalue weighted by atomic mass is 16.5. The smallest absolute Gasteiger partial charge is 0.254 e. The standard InChI is InChI=1S/C12H15N5O2/c1-2-14-10-3-5-13-7-9(10)12(18)15-6-4-11-16-8-19-17-11/h3,5,7-8H,2,4,6H2,1H3,(H,13,14)(H,15,18). The van der Waals surface area contributed by atoms with E-state index in [0.717, 1.165) is 12.2 Å². The lowest BCUT2D eigenvalue weighted by molar-refractivity contribution is 0.0954. The Labute approximate surface area is 110 Å². The molecule has 2 N–H and O–H groups in total. The second-order valence-electron chi connectivity index (χ2n) is 3.80. The van der Waals surface area contributed by atoms with Gasteiger partial charge in [0.15, 0.2) is 5.82 Å². The highest BCUT2D eigenvalue weighted by Gasteiger charge is 2.10. The summed E-state index contributed by atoms with van der Waals surface area (Å²) in [5.41, 5.74) is 1.30. The first-order valence-corrected chi connectivity index (χ1v) is 6.02. The molecule has 0 fully saturated rings. The molecule has 19 heavy (non-hydrogen) atoms. The summed E-state index contributed by atoms with van der Waals surface area (Å²) in [7, 11) is 0. The molecule has 0 aromatic carbocycles. The Morgan fingerprint density at radius 1 is 1.47 bits per heavy atom. The van der Waals surface area contributed by atoms with Gasteiger partial charge in [-0.25, -0.2) is 0 Å². The monoisotopic (exact) mass is 261 g/mol. The van der Waals surface area contributed by atoms with Crippen molar-refractivity contribution in [3.63, 3.8) is 0 Å². The van der Waals surface area contributed by atoms with E-state index in [9.17, 15) is 4.79 Å². The van der Waals surface area contributed by atoms with Crippen LogP contribution >= 0.6 is 0 Å². The van der Waals surface area contributed by atoms with Gasteiger partial charge in [-0.3, -0.25) is 9.78 Å². The third kappa shape index (κ3) is 3.51. The van der Waals surface area contributed by atoms with Crippen LogP contribution in [0.4, 0.5) is 5.69 Å². The van der Waals surface area contributed by atoms with E-state index in [1.807, 2.05) is 6.92 Å². The molecular formula is C12H15N5O2. The van der Waals surface area contributed by atoms with Crippen LogP contribution in [0, 0.1) is 0 Å². The second kappa shape index (κ2) is 6.48. The molecule has 0 saturated carbocycles. The van der Waals surface area contributed by atoms with E-state index in [-0.39, 0.29) is 5.91 Å². The van der Waals surface area contributed by atoms with Gasteiger partial charge in [0, 0.05) is 31.9 Å². The first-order valence-electron chi connectivity index (χ1n) is 6.02. The van der Waals surface area contributed by atoms with Gasteiger partial charge in [-0.05, 0) is 13.0 Å². The van der Waals surface area contributed by atoms with Crippen molar-refractivity contribution in [2.75, 3.05) is 18.4 Å². The molecule has 2 aromatic rings. The van der Waals surface area contributed by atoms with Gasteiger partial charge in [0.05, 0.1) is 11.3 Å². The van der Waals surface area contributed by atoms with Gasteiger partial charge in [-0.2, -0.15) is 4.98 Å². The van der Waals surface area contributed by atoms with Crippen LogP contribution in [0.5, 0.6) is 0 Å². The molecule has 2 rings (SSSR count). The Morgan fingerprint density at radius 3 is 3.11 bits per heavy atom. The molecular weight excluding hydrogens is 246 g/mol. The van der Waals surface area contributed by atoms with Gasteiger partial charge in [-0.1, -0.05) is 5.16 Å². The number of hydrogen-bond donors (Lipinski definition) is 2. The van der Waals surface area contributed by atoms with Crippen molar-refractivity contribution in [3.05, 3.63) is 36.2 Å². The zero-order chi connectivity index (χ0) is 13.5. The number of nitrogens with zero attached hydrogens (tertiary/aromatic N) is 3.